The molecule has 0 aliphatic carbocycles. The van der Waals surface area contributed by atoms with Gasteiger partial charge in [0.1, 0.15) is 0 Å². The Morgan fingerprint density at radius 1 is 0.960 bits per heavy atom. The number of carbonyl (C=O) groups is 1. The van der Waals surface area contributed by atoms with E-state index in [0.717, 1.165) is 17.2 Å². The molecule has 0 spiro atoms. The molecule has 25 heavy (non-hydrogen) atoms. The average Bonchev–Trinajstić information content (AvgIpc) is 2.53. The van der Waals surface area contributed by atoms with Gasteiger partial charge in [-0.05, 0) is 34.6 Å². The maximum Gasteiger partial charge on any atom is 0.416 e. The van der Waals surface area contributed by atoms with Crippen LogP contribution in [0, 0.1) is 0 Å². The van der Waals surface area contributed by atoms with E-state index >= 15 is 0 Å². The smallest absolute Gasteiger partial charge is 0.294 e. The van der Waals surface area contributed by atoms with Crippen molar-refractivity contribution in [1.29, 1.82) is 0 Å². The lowest BCUT2D eigenvalue weighted by atomic mass is 9.88. The summed E-state index contributed by atoms with van der Waals surface area (Å²) in [5.74, 6) is 0.166. The second-order valence-electron chi connectivity index (χ2n) is 6.91. The van der Waals surface area contributed by atoms with Crippen molar-refractivity contribution in [2.45, 2.75) is 52.1 Å². The summed E-state index contributed by atoms with van der Waals surface area (Å²) in [5, 5.41) is 0. The number of carbonyl (C=O) groups excluding carboxylic acids is 1. The van der Waals surface area contributed by atoms with Crippen LogP contribution in [0.15, 0.2) is 42.5 Å². The Balaban J connectivity index is 2.40. The molecule has 0 aliphatic heterocycles. The predicted octanol–water partition coefficient (Wildman–Crippen LogP) is 6.38. The van der Waals surface area contributed by atoms with Gasteiger partial charge in [0.2, 0.25) is 0 Å². The minimum atomic E-state index is -4.46. The molecule has 0 fully saturated rings. The van der Waals surface area contributed by atoms with Crippen molar-refractivity contribution in [2.75, 3.05) is 0 Å². The molecule has 0 aromatic heterocycles. The molecule has 0 bridgehead atoms. The van der Waals surface area contributed by atoms with Gasteiger partial charge in [-0.25, -0.2) is 0 Å². The highest BCUT2D eigenvalue weighted by atomic mass is 19.4. The molecule has 0 amide bonds. The molecule has 2 aromatic rings. The summed E-state index contributed by atoms with van der Waals surface area (Å²) in [6, 6.07) is 10.9. The van der Waals surface area contributed by atoms with Crippen LogP contribution in [0.5, 0.6) is 0 Å². The van der Waals surface area contributed by atoms with Gasteiger partial charge in [0.15, 0.2) is 5.78 Å². The largest absolute Gasteiger partial charge is 0.416 e. The Hall–Kier alpha value is -2.10. The lowest BCUT2D eigenvalue weighted by molar-refractivity contribution is -0.138. The molecule has 0 N–H and O–H groups in total. The zero-order valence-corrected chi connectivity index (χ0v) is 14.9. The summed E-state index contributed by atoms with van der Waals surface area (Å²) in [7, 11) is 0. The number of alkyl halides is 3. The first-order chi connectivity index (χ1) is 11.6. The zero-order chi connectivity index (χ0) is 18.8. The minimum absolute atomic E-state index is 0.0163. The van der Waals surface area contributed by atoms with Gasteiger partial charge in [0, 0.05) is 12.0 Å². The number of halogens is 3. The summed E-state index contributed by atoms with van der Waals surface area (Å²) >= 11 is 0. The topological polar surface area (TPSA) is 17.1 Å². The van der Waals surface area contributed by atoms with Gasteiger partial charge in [-0.1, -0.05) is 64.1 Å². The standard InChI is InChI=1S/C21H23F3O/c1-13(2)15-9-10-17(18(11-15)14(3)4)20(25)12-16-7-5-6-8-19(16)21(22,23)24/h5-11,13-14H,12H2,1-4H3. The molecule has 0 atom stereocenters. The van der Waals surface area contributed by atoms with Gasteiger partial charge < -0.3 is 0 Å². The van der Waals surface area contributed by atoms with E-state index in [1.807, 2.05) is 26.0 Å². The summed E-state index contributed by atoms with van der Waals surface area (Å²) in [5.41, 5.74) is 1.80. The third-order valence-electron chi connectivity index (χ3n) is 4.34. The van der Waals surface area contributed by atoms with E-state index in [9.17, 15) is 18.0 Å². The van der Waals surface area contributed by atoms with Gasteiger partial charge in [-0.3, -0.25) is 4.79 Å². The Morgan fingerprint density at radius 2 is 1.60 bits per heavy atom. The molecule has 0 saturated carbocycles. The highest BCUT2D eigenvalue weighted by Gasteiger charge is 2.33. The first kappa shape index (κ1) is 19.2. The highest BCUT2D eigenvalue weighted by molar-refractivity contribution is 5.99. The van der Waals surface area contributed by atoms with E-state index in [4.69, 9.17) is 0 Å². The lowest BCUT2D eigenvalue weighted by Gasteiger charge is -2.17. The van der Waals surface area contributed by atoms with Crippen molar-refractivity contribution in [3.8, 4) is 0 Å². The quantitative estimate of drug-likeness (QED) is 0.573. The maximum atomic E-state index is 13.1. The summed E-state index contributed by atoms with van der Waals surface area (Å²) in [6.07, 6.45) is -4.71. The van der Waals surface area contributed by atoms with Crippen molar-refractivity contribution in [1.82, 2.24) is 0 Å². The molecule has 0 saturated heterocycles. The van der Waals surface area contributed by atoms with E-state index < -0.39 is 11.7 Å². The Labute approximate surface area is 146 Å². The second-order valence-corrected chi connectivity index (χ2v) is 6.91. The summed E-state index contributed by atoms with van der Waals surface area (Å²) < 4.78 is 39.4. The van der Waals surface area contributed by atoms with Crippen molar-refractivity contribution < 1.29 is 18.0 Å². The monoisotopic (exact) mass is 348 g/mol. The summed E-state index contributed by atoms with van der Waals surface area (Å²) in [6.45, 7) is 8.11. The van der Waals surface area contributed by atoms with E-state index in [2.05, 4.69) is 13.8 Å². The van der Waals surface area contributed by atoms with Gasteiger partial charge in [0.25, 0.3) is 0 Å². The van der Waals surface area contributed by atoms with Crippen LogP contribution in [0.4, 0.5) is 13.2 Å². The molecule has 2 rings (SSSR count). The fourth-order valence-corrected chi connectivity index (χ4v) is 2.89. The Morgan fingerprint density at radius 3 is 2.16 bits per heavy atom. The third kappa shape index (κ3) is 4.50. The van der Waals surface area contributed by atoms with Crippen LogP contribution in [0.25, 0.3) is 0 Å². The molecular weight excluding hydrogens is 325 g/mol. The average molecular weight is 348 g/mol. The van der Waals surface area contributed by atoms with Crippen LogP contribution >= 0.6 is 0 Å². The first-order valence-corrected chi connectivity index (χ1v) is 8.43. The van der Waals surface area contributed by atoms with Gasteiger partial charge in [-0.15, -0.1) is 0 Å². The fourth-order valence-electron chi connectivity index (χ4n) is 2.89. The fraction of sp³-hybridized carbons (Fsp3) is 0.381. The predicted molar refractivity (Wildman–Crippen MR) is 94.1 cm³/mol. The number of hydrogen-bond donors (Lipinski definition) is 0. The minimum Gasteiger partial charge on any atom is -0.294 e. The first-order valence-electron chi connectivity index (χ1n) is 8.43. The Kier molecular flexibility index (Phi) is 5.71. The van der Waals surface area contributed by atoms with E-state index in [0.29, 0.717) is 11.5 Å². The van der Waals surface area contributed by atoms with E-state index in [1.54, 1.807) is 6.07 Å². The number of ketones is 1. The molecule has 4 heteroatoms. The summed E-state index contributed by atoms with van der Waals surface area (Å²) in [4.78, 5) is 12.7. The molecule has 0 unspecified atom stereocenters. The number of rotatable bonds is 5. The van der Waals surface area contributed by atoms with E-state index in [1.165, 1.54) is 18.2 Å². The second kappa shape index (κ2) is 7.42. The molecule has 0 heterocycles. The highest BCUT2D eigenvalue weighted by Crippen LogP contribution is 2.33. The maximum absolute atomic E-state index is 13.1. The number of benzene rings is 2. The third-order valence-corrected chi connectivity index (χ3v) is 4.34. The Bertz CT molecular complexity index is 758. The molecule has 0 radical (unpaired) electrons. The van der Waals surface area contributed by atoms with Crippen molar-refractivity contribution in [2.24, 2.45) is 0 Å². The normalized spacial score (nSPS) is 12.0. The van der Waals surface area contributed by atoms with Crippen molar-refractivity contribution in [3.05, 3.63) is 70.3 Å². The molecular formula is C21H23F3O. The van der Waals surface area contributed by atoms with Crippen LogP contribution in [0.3, 0.4) is 0 Å². The van der Waals surface area contributed by atoms with Crippen molar-refractivity contribution in [3.63, 3.8) is 0 Å². The molecule has 1 nitrogen and oxygen atoms in total. The van der Waals surface area contributed by atoms with Crippen molar-refractivity contribution >= 4 is 5.78 Å². The van der Waals surface area contributed by atoms with Crippen LogP contribution in [-0.2, 0) is 12.6 Å². The zero-order valence-electron chi connectivity index (χ0n) is 14.9. The number of Topliss-reactive ketones (excluding diaryl/α,β-unsaturated/α-hetero) is 1. The number of hydrogen-bond acceptors (Lipinski definition) is 1. The SMILES string of the molecule is CC(C)c1ccc(C(=O)Cc2ccccc2C(F)(F)F)c(C(C)C)c1. The van der Waals surface area contributed by atoms with Crippen LogP contribution in [0.2, 0.25) is 0 Å². The molecule has 2 aromatic carbocycles. The van der Waals surface area contributed by atoms with Crippen LogP contribution in [0.1, 0.15) is 72.1 Å². The van der Waals surface area contributed by atoms with Crippen LogP contribution in [-0.4, -0.2) is 5.78 Å². The van der Waals surface area contributed by atoms with Crippen LogP contribution < -0.4 is 0 Å². The van der Waals surface area contributed by atoms with Gasteiger partial charge >= 0.3 is 6.18 Å². The van der Waals surface area contributed by atoms with Gasteiger partial charge in [0.05, 0.1) is 5.56 Å². The lowest BCUT2D eigenvalue weighted by Crippen LogP contribution is -2.14. The van der Waals surface area contributed by atoms with E-state index in [-0.39, 0.29) is 23.7 Å². The molecule has 134 valence electrons. The van der Waals surface area contributed by atoms with Gasteiger partial charge in [-0.2, -0.15) is 13.2 Å². The molecule has 0 aliphatic rings.